The van der Waals surface area contributed by atoms with Crippen LogP contribution in [0.5, 0.6) is 11.5 Å². The van der Waals surface area contributed by atoms with Gasteiger partial charge in [0.2, 0.25) is 0 Å². The summed E-state index contributed by atoms with van der Waals surface area (Å²) < 4.78 is 17.9. The number of ether oxygens (including phenoxy) is 3. The van der Waals surface area contributed by atoms with Crippen molar-refractivity contribution in [1.29, 1.82) is 0 Å². The van der Waals surface area contributed by atoms with Crippen LogP contribution in [0.4, 0.5) is 0 Å². The molecule has 144 valence electrons. The molecule has 0 N–H and O–H groups in total. The van der Waals surface area contributed by atoms with Crippen LogP contribution < -0.4 is 9.47 Å². The topological polar surface area (TPSA) is 49.3 Å². The van der Waals surface area contributed by atoms with E-state index in [9.17, 15) is 0 Å². The second-order valence-corrected chi connectivity index (χ2v) is 6.60. The fourth-order valence-corrected chi connectivity index (χ4v) is 3.23. The van der Waals surface area contributed by atoms with Crippen LogP contribution in [0.3, 0.4) is 0 Å². The summed E-state index contributed by atoms with van der Waals surface area (Å²) in [6.45, 7) is 7.19. The Labute approximate surface area is 157 Å². The second kappa shape index (κ2) is 10.9. The average molecular weight is 361 g/mol. The van der Waals surface area contributed by atoms with Crippen molar-refractivity contribution in [3.05, 3.63) is 35.4 Å². The molecule has 0 bridgehead atoms. The van der Waals surface area contributed by atoms with Gasteiger partial charge in [-0.3, -0.25) is 0 Å². The molecule has 26 heavy (non-hydrogen) atoms. The van der Waals surface area contributed by atoms with Crippen molar-refractivity contribution < 1.29 is 19.0 Å². The molecule has 1 fully saturated rings. The first-order chi connectivity index (χ1) is 12.6. The molecule has 2 atom stereocenters. The lowest BCUT2D eigenvalue weighted by Gasteiger charge is -2.30. The van der Waals surface area contributed by atoms with Gasteiger partial charge in [0.15, 0.2) is 0 Å². The molecular formula is C21H31NO4. The minimum absolute atomic E-state index is 0.181. The highest BCUT2D eigenvalue weighted by molar-refractivity contribution is 5.57. The molecule has 0 amide bonds. The van der Waals surface area contributed by atoms with Crippen molar-refractivity contribution in [2.24, 2.45) is 5.16 Å². The highest BCUT2D eigenvalue weighted by Gasteiger charge is 2.24. The van der Waals surface area contributed by atoms with Gasteiger partial charge in [0.05, 0.1) is 18.9 Å². The van der Waals surface area contributed by atoms with E-state index in [1.54, 1.807) is 6.21 Å². The molecule has 0 aliphatic heterocycles. The van der Waals surface area contributed by atoms with Gasteiger partial charge in [-0.1, -0.05) is 17.3 Å². The number of oxime groups is 1. The predicted molar refractivity (Wildman–Crippen MR) is 104 cm³/mol. The number of rotatable bonds is 9. The summed E-state index contributed by atoms with van der Waals surface area (Å²) >= 11 is 0. The Morgan fingerprint density at radius 2 is 1.85 bits per heavy atom. The Kier molecular flexibility index (Phi) is 8.48. The Hall–Kier alpha value is -2.01. The molecule has 0 radical (unpaired) electrons. The second-order valence-electron chi connectivity index (χ2n) is 6.60. The highest BCUT2D eigenvalue weighted by atomic mass is 16.6. The van der Waals surface area contributed by atoms with E-state index in [2.05, 4.69) is 23.8 Å². The van der Waals surface area contributed by atoms with Crippen LogP contribution in [-0.4, -0.2) is 38.7 Å². The van der Waals surface area contributed by atoms with E-state index in [0.717, 1.165) is 48.3 Å². The molecule has 1 aromatic carbocycles. The number of hydrogen-bond donors (Lipinski definition) is 0. The summed E-state index contributed by atoms with van der Waals surface area (Å²) in [6.07, 6.45) is 10.2. The lowest BCUT2D eigenvalue weighted by molar-refractivity contribution is 0.00918. The quantitative estimate of drug-likeness (QED) is 0.366. The maximum absolute atomic E-state index is 6.35. The fourth-order valence-electron chi connectivity index (χ4n) is 3.23. The zero-order valence-electron chi connectivity index (χ0n) is 16.4. The smallest absolute Gasteiger partial charge is 0.125 e. The van der Waals surface area contributed by atoms with E-state index >= 15 is 0 Å². The minimum Gasteiger partial charge on any atom is -0.490 e. The average Bonchev–Trinajstić information content (AvgIpc) is 2.62. The van der Waals surface area contributed by atoms with E-state index in [4.69, 9.17) is 14.2 Å². The van der Waals surface area contributed by atoms with E-state index in [-0.39, 0.29) is 12.2 Å². The van der Waals surface area contributed by atoms with E-state index in [0.29, 0.717) is 13.2 Å². The summed E-state index contributed by atoms with van der Waals surface area (Å²) in [4.78, 5) is 4.65. The summed E-state index contributed by atoms with van der Waals surface area (Å²) in [5, 5.41) is 3.70. The van der Waals surface area contributed by atoms with Crippen molar-refractivity contribution >= 4 is 6.21 Å². The number of aryl methyl sites for hydroxylation is 2. The van der Waals surface area contributed by atoms with E-state index in [1.807, 2.05) is 31.2 Å². The molecule has 0 saturated heterocycles. The van der Waals surface area contributed by atoms with Crippen LogP contribution >= 0.6 is 0 Å². The maximum atomic E-state index is 6.35. The molecule has 1 aliphatic rings. The van der Waals surface area contributed by atoms with Crippen LogP contribution in [0, 0.1) is 13.8 Å². The lowest BCUT2D eigenvalue weighted by Crippen LogP contribution is -2.31. The van der Waals surface area contributed by atoms with Crippen molar-refractivity contribution in [1.82, 2.24) is 0 Å². The first-order valence-corrected chi connectivity index (χ1v) is 9.32. The van der Waals surface area contributed by atoms with Crippen LogP contribution in [0.2, 0.25) is 0 Å². The Morgan fingerprint density at radius 3 is 2.54 bits per heavy atom. The Bertz CT molecular complexity index is 589. The minimum atomic E-state index is 0.181. The molecule has 0 aromatic heterocycles. The molecule has 0 heterocycles. The first kappa shape index (κ1) is 20.3. The summed E-state index contributed by atoms with van der Waals surface area (Å²) in [5.41, 5.74) is 2.21. The van der Waals surface area contributed by atoms with Gasteiger partial charge in [-0.05, 0) is 63.3 Å². The Balaban J connectivity index is 1.93. The van der Waals surface area contributed by atoms with Crippen LogP contribution in [0.1, 0.15) is 43.7 Å². The number of hydrogen-bond acceptors (Lipinski definition) is 5. The van der Waals surface area contributed by atoms with Gasteiger partial charge in [0.1, 0.15) is 31.3 Å². The molecule has 1 aromatic rings. The first-order valence-electron chi connectivity index (χ1n) is 9.32. The fraction of sp³-hybridized carbons (Fsp3) is 0.571. The predicted octanol–water partition coefficient (Wildman–Crippen LogP) is 4.60. The monoisotopic (exact) mass is 361 g/mol. The third-order valence-electron chi connectivity index (χ3n) is 4.46. The number of nitrogens with zero attached hydrogens (tertiary/aromatic N) is 1. The maximum Gasteiger partial charge on any atom is 0.125 e. The van der Waals surface area contributed by atoms with Crippen molar-refractivity contribution in [3.63, 3.8) is 0 Å². The van der Waals surface area contributed by atoms with Crippen molar-refractivity contribution in [3.8, 4) is 11.5 Å². The molecule has 0 spiro atoms. The Morgan fingerprint density at radius 1 is 1.12 bits per heavy atom. The standard InChI is InChI=1S/C21H31NO4/c1-5-6-11-24-20-13-16(2)21(17(3)14-20)26-19-9-7-8-18(15-19)25-12-10-22-23-4/h5-6,10,13-14,18-19H,7-9,11-12,15H2,1-4H3/b6-5+,22-10-. The van der Waals surface area contributed by atoms with Gasteiger partial charge in [0, 0.05) is 6.42 Å². The van der Waals surface area contributed by atoms with Crippen molar-refractivity contribution in [2.45, 2.75) is 58.7 Å². The van der Waals surface area contributed by atoms with Crippen LogP contribution in [-0.2, 0) is 9.57 Å². The number of benzene rings is 1. The summed E-state index contributed by atoms with van der Waals surface area (Å²) in [5.74, 6) is 1.85. The summed E-state index contributed by atoms with van der Waals surface area (Å²) in [7, 11) is 1.53. The van der Waals surface area contributed by atoms with Crippen LogP contribution in [0.25, 0.3) is 0 Å². The molecule has 1 saturated carbocycles. The molecule has 5 heteroatoms. The van der Waals surface area contributed by atoms with Crippen LogP contribution in [0.15, 0.2) is 29.4 Å². The largest absolute Gasteiger partial charge is 0.490 e. The van der Waals surface area contributed by atoms with Gasteiger partial charge >= 0.3 is 0 Å². The normalized spacial score (nSPS) is 20.6. The number of allylic oxidation sites excluding steroid dienone is 1. The molecule has 2 unspecified atom stereocenters. The lowest BCUT2D eigenvalue weighted by atomic mass is 9.94. The third kappa shape index (κ3) is 6.37. The van der Waals surface area contributed by atoms with Gasteiger partial charge in [-0.15, -0.1) is 0 Å². The van der Waals surface area contributed by atoms with Gasteiger partial charge in [0.25, 0.3) is 0 Å². The highest BCUT2D eigenvalue weighted by Crippen LogP contribution is 2.32. The zero-order valence-corrected chi connectivity index (χ0v) is 16.4. The van der Waals surface area contributed by atoms with Gasteiger partial charge in [-0.25, -0.2) is 0 Å². The van der Waals surface area contributed by atoms with Crippen molar-refractivity contribution in [2.75, 3.05) is 20.3 Å². The van der Waals surface area contributed by atoms with E-state index in [1.165, 1.54) is 7.11 Å². The third-order valence-corrected chi connectivity index (χ3v) is 4.46. The van der Waals surface area contributed by atoms with Gasteiger partial charge < -0.3 is 19.0 Å². The molecule has 5 nitrogen and oxygen atoms in total. The molecule has 1 aliphatic carbocycles. The summed E-state index contributed by atoms with van der Waals surface area (Å²) in [6, 6.07) is 4.09. The molecular weight excluding hydrogens is 330 g/mol. The molecule has 2 rings (SSSR count). The SMILES string of the molecule is C/C=C/COc1cc(C)c(OC2CCCC(OC/C=N\OC)C2)c(C)c1. The van der Waals surface area contributed by atoms with E-state index < -0.39 is 0 Å². The zero-order chi connectivity index (χ0) is 18.8. The van der Waals surface area contributed by atoms with Gasteiger partial charge in [-0.2, -0.15) is 0 Å².